The molecule has 9 heteroatoms. The zero-order chi connectivity index (χ0) is 18.7. The lowest BCUT2D eigenvalue weighted by atomic mass is 10.1. The Balaban J connectivity index is 1.87. The van der Waals surface area contributed by atoms with Crippen molar-refractivity contribution in [2.24, 2.45) is 0 Å². The Morgan fingerprint density at radius 1 is 0.923 bits per heavy atom. The predicted octanol–water partition coefficient (Wildman–Crippen LogP) is 5.78. The SMILES string of the molecule is Fc1ccccc1Nc1ccnc(Nc2ccc(Cl)cc2C(F)(F)F)n1. The van der Waals surface area contributed by atoms with Crippen molar-refractivity contribution in [3.05, 3.63) is 71.1 Å². The Labute approximate surface area is 150 Å². The highest BCUT2D eigenvalue weighted by Gasteiger charge is 2.34. The van der Waals surface area contributed by atoms with Gasteiger partial charge in [0.2, 0.25) is 5.95 Å². The minimum absolute atomic E-state index is 0.0428. The van der Waals surface area contributed by atoms with Crippen molar-refractivity contribution in [3.8, 4) is 0 Å². The van der Waals surface area contributed by atoms with E-state index in [4.69, 9.17) is 11.6 Å². The van der Waals surface area contributed by atoms with E-state index in [9.17, 15) is 17.6 Å². The molecule has 0 aliphatic carbocycles. The number of hydrogen-bond donors (Lipinski definition) is 2. The van der Waals surface area contributed by atoms with Crippen molar-refractivity contribution in [1.29, 1.82) is 0 Å². The summed E-state index contributed by atoms with van der Waals surface area (Å²) >= 11 is 5.65. The number of rotatable bonds is 4. The Morgan fingerprint density at radius 3 is 2.42 bits per heavy atom. The standard InChI is InChI=1S/C17H11ClF4N4/c18-10-5-6-13(11(9-10)17(20,21)22)25-16-23-8-7-15(26-16)24-14-4-2-1-3-12(14)19/h1-9H,(H2,23,24,25,26). The molecule has 0 aliphatic rings. The van der Waals surface area contributed by atoms with Crippen LogP contribution >= 0.6 is 11.6 Å². The van der Waals surface area contributed by atoms with Crippen LogP contribution in [0.3, 0.4) is 0 Å². The maximum atomic E-state index is 13.7. The van der Waals surface area contributed by atoms with Gasteiger partial charge in [-0.2, -0.15) is 18.2 Å². The van der Waals surface area contributed by atoms with Crippen LogP contribution in [0.5, 0.6) is 0 Å². The van der Waals surface area contributed by atoms with Crippen LogP contribution in [0.25, 0.3) is 0 Å². The molecule has 0 bridgehead atoms. The number of anilines is 4. The monoisotopic (exact) mass is 382 g/mol. The first-order valence-corrected chi connectivity index (χ1v) is 7.69. The van der Waals surface area contributed by atoms with E-state index < -0.39 is 17.6 Å². The molecule has 0 saturated heterocycles. The zero-order valence-electron chi connectivity index (χ0n) is 13.0. The van der Waals surface area contributed by atoms with Gasteiger partial charge in [0.15, 0.2) is 0 Å². The van der Waals surface area contributed by atoms with E-state index in [1.807, 2.05) is 0 Å². The van der Waals surface area contributed by atoms with Gasteiger partial charge in [-0.3, -0.25) is 0 Å². The number of halogens is 5. The molecule has 0 fully saturated rings. The second kappa shape index (κ2) is 7.17. The van der Waals surface area contributed by atoms with Crippen molar-refractivity contribution < 1.29 is 17.6 Å². The van der Waals surface area contributed by atoms with Crippen LogP contribution < -0.4 is 10.6 Å². The fraction of sp³-hybridized carbons (Fsp3) is 0.0588. The predicted molar refractivity (Wildman–Crippen MR) is 91.5 cm³/mol. The van der Waals surface area contributed by atoms with Crippen LogP contribution in [0.15, 0.2) is 54.7 Å². The highest BCUT2D eigenvalue weighted by atomic mass is 35.5. The number of nitrogens with zero attached hydrogens (tertiary/aromatic N) is 2. The lowest BCUT2D eigenvalue weighted by molar-refractivity contribution is -0.136. The van der Waals surface area contributed by atoms with Gasteiger partial charge >= 0.3 is 6.18 Å². The summed E-state index contributed by atoms with van der Waals surface area (Å²) in [5.74, 6) is -0.355. The quantitative estimate of drug-likeness (QED) is 0.562. The minimum Gasteiger partial charge on any atom is -0.338 e. The van der Waals surface area contributed by atoms with Gasteiger partial charge in [-0.15, -0.1) is 0 Å². The number of para-hydroxylation sites is 1. The van der Waals surface area contributed by atoms with Gasteiger partial charge < -0.3 is 10.6 Å². The maximum absolute atomic E-state index is 13.7. The van der Waals surface area contributed by atoms with E-state index in [0.717, 1.165) is 6.07 Å². The second-order valence-corrected chi connectivity index (χ2v) is 5.62. The third-order valence-electron chi connectivity index (χ3n) is 3.33. The summed E-state index contributed by atoms with van der Waals surface area (Å²) in [4.78, 5) is 7.94. The van der Waals surface area contributed by atoms with Gasteiger partial charge in [0.25, 0.3) is 0 Å². The summed E-state index contributed by atoms with van der Waals surface area (Å²) < 4.78 is 53.1. The second-order valence-electron chi connectivity index (χ2n) is 5.18. The maximum Gasteiger partial charge on any atom is 0.418 e. The van der Waals surface area contributed by atoms with Crippen molar-refractivity contribution in [2.75, 3.05) is 10.6 Å². The Hall–Kier alpha value is -2.87. The molecule has 3 rings (SSSR count). The minimum atomic E-state index is -4.60. The molecule has 0 spiro atoms. The van der Waals surface area contributed by atoms with Crippen LogP contribution in [-0.4, -0.2) is 9.97 Å². The number of hydrogen-bond acceptors (Lipinski definition) is 4. The Kier molecular flexibility index (Phi) is 4.94. The van der Waals surface area contributed by atoms with E-state index in [1.165, 1.54) is 42.6 Å². The summed E-state index contributed by atoms with van der Waals surface area (Å²) in [7, 11) is 0. The number of nitrogens with one attached hydrogen (secondary N) is 2. The summed E-state index contributed by atoms with van der Waals surface area (Å²) in [6.07, 6.45) is -3.27. The number of alkyl halides is 3. The number of benzene rings is 2. The average Bonchev–Trinajstić information content (AvgIpc) is 2.58. The van der Waals surface area contributed by atoms with E-state index >= 15 is 0 Å². The van der Waals surface area contributed by atoms with Gasteiger partial charge in [-0.1, -0.05) is 23.7 Å². The molecule has 0 amide bonds. The van der Waals surface area contributed by atoms with Crippen LogP contribution in [0.4, 0.5) is 40.7 Å². The van der Waals surface area contributed by atoms with Crippen molar-refractivity contribution in [2.45, 2.75) is 6.18 Å². The van der Waals surface area contributed by atoms with Crippen molar-refractivity contribution in [1.82, 2.24) is 9.97 Å². The Bertz CT molecular complexity index is 931. The molecule has 0 atom stereocenters. The molecule has 26 heavy (non-hydrogen) atoms. The van der Waals surface area contributed by atoms with Gasteiger partial charge in [0, 0.05) is 11.2 Å². The molecule has 0 radical (unpaired) electrons. The smallest absolute Gasteiger partial charge is 0.338 e. The van der Waals surface area contributed by atoms with Gasteiger partial charge in [0.05, 0.1) is 16.9 Å². The molecule has 3 aromatic rings. The fourth-order valence-electron chi connectivity index (χ4n) is 2.17. The van der Waals surface area contributed by atoms with E-state index in [2.05, 4.69) is 20.6 Å². The molecule has 0 aliphatic heterocycles. The van der Waals surface area contributed by atoms with E-state index in [-0.39, 0.29) is 28.2 Å². The van der Waals surface area contributed by atoms with E-state index in [1.54, 1.807) is 6.07 Å². The molecule has 0 saturated carbocycles. The molecule has 2 aromatic carbocycles. The van der Waals surface area contributed by atoms with Crippen LogP contribution in [0, 0.1) is 5.82 Å². The molecule has 134 valence electrons. The third-order valence-corrected chi connectivity index (χ3v) is 3.56. The molecule has 0 unspecified atom stereocenters. The summed E-state index contributed by atoms with van der Waals surface area (Å²) in [5.41, 5.74) is -1.01. The summed E-state index contributed by atoms with van der Waals surface area (Å²) in [5, 5.41) is 5.21. The fourth-order valence-corrected chi connectivity index (χ4v) is 2.34. The van der Waals surface area contributed by atoms with Gasteiger partial charge in [0.1, 0.15) is 11.6 Å². The summed E-state index contributed by atoms with van der Waals surface area (Å²) in [6, 6.07) is 10.7. The lowest BCUT2D eigenvalue weighted by Gasteiger charge is -2.14. The average molecular weight is 383 g/mol. The van der Waals surface area contributed by atoms with Crippen molar-refractivity contribution in [3.63, 3.8) is 0 Å². The highest BCUT2D eigenvalue weighted by Crippen LogP contribution is 2.37. The van der Waals surface area contributed by atoms with Gasteiger partial charge in [-0.25, -0.2) is 9.37 Å². The normalized spacial score (nSPS) is 11.3. The highest BCUT2D eigenvalue weighted by molar-refractivity contribution is 6.30. The molecule has 1 aromatic heterocycles. The van der Waals surface area contributed by atoms with Crippen LogP contribution in [0.1, 0.15) is 5.56 Å². The first-order chi connectivity index (χ1) is 12.3. The molecule has 4 nitrogen and oxygen atoms in total. The zero-order valence-corrected chi connectivity index (χ0v) is 13.7. The van der Waals surface area contributed by atoms with Gasteiger partial charge in [-0.05, 0) is 36.4 Å². The van der Waals surface area contributed by atoms with Crippen LogP contribution in [0.2, 0.25) is 5.02 Å². The van der Waals surface area contributed by atoms with Crippen molar-refractivity contribution >= 4 is 34.7 Å². The molecule has 1 heterocycles. The molecule has 2 N–H and O–H groups in total. The number of aromatic nitrogens is 2. The first kappa shape index (κ1) is 17.9. The topological polar surface area (TPSA) is 49.8 Å². The molecular weight excluding hydrogens is 372 g/mol. The molecular formula is C17H11ClF4N4. The van der Waals surface area contributed by atoms with E-state index in [0.29, 0.717) is 0 Å². The lowest BCUT2D eigenvalue weighted by Crippen LogP contribution is -2.10. The summed E-state index contributed by atoms with van der Waals surface area (Å²) in [6.45, 7) is 0. The van der Waals surface area contributed by atoms with Crippen LogP contribution in [-0.2, 0) is 6.18 Å². The first-order valence-electron chi connectivity index (χ1n) is 7.31. The largest absolute Gasteiger partial charge is 0.418 e. The third kappa shape index (κ3) is 4.20. The Morgan fingerprint density at radius 2 is 1.69 bits per heavy atom.